The van der Waals surface area contributed by atoms with Gasteiger partial charge >= 0.3 is 5.97 Å². The number of carbonyl (C=O) groups is 1. The highest BCUT2D eigenvalue weighted by atomic mass is 32.2. The molecule has 2 aromatic heterocycles. The van der Waals surface area contributed by atoms with Gasteiger partial charge in [0.15, 0.2) is 5.65 Å². The SMILES string of the molecule is CCOC(=O)c1cnn2c(N(C)Cc3ccccc3)cc(-c3cnc4n(C5COCC5OC(=S)SC)cccc3-4)nc12. The van der Waals surface area contributed by atoms with Gasteiger partial charge < -0.3 is 23.7 Å². The van der Waals surface area contributed by atoms with E-state index in [2.05, 4.69) is 26.7 Å². The van der Waals surface area contributed by atoms with E-state index < -0.39 is 5.97 Å². The van der Waals surface area contributed by atoms with Crippen LogP contribution >= 0.6 is 24.0 Å². The van der Waals surface area contributed by atoms with Crippen molar-refractivity contribution < 1.29 is 19.0 Å². The zero-order valence-corrected chi connectivity index (χ0v) is 25.1. The number of fused-ring (bicyclic) bond motifs is 2. The molecule has 0 aliphatic carbocycles. The molecular weight excluding hydrogens is 573 g/mol. The Bertz CT molecular complexity index is 1700. The van der Waals surface area contributed by atoms with Gasteiger partial charge in [-0.2, -0.15) is 9.61 Å². The fourth-order valence-electron chi connectivity index (χ4n) is 5.24. The smallest absolute Gasteiger partial charge is 0.343 e. The Morgan fingerprint density at radius 1 is 1.17 bits per heavy atom. The van der Waals surface area contributed by atoms with Gasteiger partial charge in [-0.1, -0.05) is 42.1 Å². The first kappa shape index (κ1) is 28.1. The molecule has 3 aromatic rings. The van der Waals surface area contributed by atoms with Gasteiger partial charge in [0.25, 0.3) is 0 Å². The molecule has 0 bridgehead atoms. The standard InChI is InChI=1S/C30H30N6O4S2/c1-4-39-29(37)22-15-32-36-26(34(2)16-19-9-6-5-7-10-19)13-23(33-28(22)36)21-14-31-27-20(21)11-8-12-35(27)24-17-38-18-25(24)40-30(41)42-3/h5-15,24-25H,4,16-18H2,1-3H3. The minimum absolute atomic E-state index is 0.0881. The van der Waals surface area contributed by atoms with Crippen molar-refractivity contribution in [3.8, 4) is 22.6 Å². The van der Waals surface area contributed by atoms with E-state index in [0.29, 0.717) is 41.0 Å². The molecule has 5 heterocycles. The number of pyridine rings is 1. The molecule has 1 fully saturated rings. The number of thiocarbonyl (C=S) groups is 1. The molecule has 3 aliphatic heterocycles. The lowest BCUT2D eigenvalue weighted by molar-refractivity contribution is 0.0528. The van der Waals surface area contributed by atoms with Crippen molar-refractivity contribution in [3.63, 3.8) is 0 Å². The monoisotopic (exact) mass is 602 g/mol. The molecule has 12 heteroatoms. The van der Waals surface area contributed by atoms with E-state index in [9.17, 15) is 4.79 Å². The van der Waals surface area contributed by atoms with Gasteiger partial charge in [-0.25, -0.2) is 14.8 Å². The summed E-state index contributed by atoms with van der Waals surface area (Å²) in [5, 5.41) is 4.53. The second-order valence-electron chi connectivity index (χ2n) is 9.90. The fourth-order valence-corrected chi connectivity index (χ4v) is 5.59. The maximum Gasteiger partial charge on any atom is 0.343 e. The summed E-state index contributed by atoms with van der Waals surface area (Å²) in [5.41, 5.74) is 4.29. The summed E-state index contributed by atoms with van der Waals surface area (Å²) in [7, 11) is 1.99. The van der Waals surface area contributed by atoms with Crippen LogP contribution in [0, 0.1) is 0 Å². The van der Waals surface area contributed by atoms with E-state index in [1.165, 1.54) is 18.0 Å². The second kappa shape index (κ2) is 12.1. The quantitative estimate of drug-likeness (QED) is 0.176. The minimum Gasteiger partial charge on any atom is -0.470 e. The Labute approximate surface area is 252 Å². The number of rotatable bonds is 8. The highest BCUT2D eigenvalue weighted by Crippen LogP contribution is 2.37. The van der Waals surface area contributed by atoms with Gasteiger partial charge in [0.05, 0.1) is 37.8 Å². The van der Waals surface area contributed by atoms with E-state index in [-0.39, 0.29) is 18.8 Å². The average Bonchev–Trinajstić information content (AvgIpc) is 3.75. The normalized spacial score (nSPS) is 16.6. The number of hydrogen-bond donors (Lipinski definition) is 0. The molecule has 0 N–H and O–H groups in total. The largest absolute Gasteiger partial charge is 0.470 e. The van der Waals surface area contributed by atoms with Crippen LogP contribution in [0.4, 0.5) is 5.82 Å². The van der Waals surface area contributed by atoms with Gasteiger partial charge in [-0.05, 0) is 43.1 Å². The predicted octanol–water partition coefficient (Wildman–Crippen LogP) is 5.12. The molecule has 2 unspecified atom stereocenters. The molecule has 0 radical (unpaired) electrons. The van der Waals surface area contributed by atoms with Crippen LogP contribution in [0.1, 0.15) is 28.9 Å². The topological polar surface area (TPSA) is 96.0 Å². The number of hydrogen-bond acceptors (Lipinski definition) is 10. The Balaban J connectivity index is 1.42. The number of benzene rings is 1. The van der Waals surface area contributed by atoms with Crippen molar-refractivity contribution in [2.24, 2.45) is 0 Å². The van der Waals surface area contributed by atoms with Crippen LogP contribution < -0.4 is 4.90 Å². The summed E-state index contributed by atoms with van der Waals surface area (Å²) in [6.07, 6.45) is 7.00. The number of esters is 1. The molecule has 0 spiro atoms. The number of thioether (sulfide) groups is 1. The van der Waals surface area contributed by atoms with Crippen molar-refractivity contribution in [1.82, 2.24) is 24.1 Å². The van der Waals surface area contributed by atoms with Crippen molar-refractivity contribution in [2.75, 3.05) is 38.0 Å². The molecule has 216 valence electrons. The lowest BCUT2D eigenvalue weighted by atomic mass is 10.1. The Morgan fingerprint density at radius 3 is 2.79 bits per heavy atom. The van der Waals surface area contributed by atoms with Crippen LogP contribution in [0.2, 0.25) is 0 Å². The van der Waals surface area contributed by atoms with Crippen LogP contribution in [0.15, 0.2) is 67.1 Å². The maximum atomic E-state index is 12.8. The van der Waals surface area contributed by atoms with Gasteiger partial charge in [-0.15, -0.1) is 0 Å². The van der Waals surface area contributed by atoms with Crippen molar-refractivity contribution in [2.45, 2.75) is 25.6 Å². The molecule has 1 saturated heterocycles. The third-order valence-electron chi connectivity index (χ3n) is 7.25. The Morgan fingerprint density at radius 2 is 2.00 bits per heavy atom. The fraction of sp³-hybridized carbons (Fsp3) is 0.300. The van der Waals surface area contributed by atoms with Crippen molar-refractivity contribution in [1.29, 1.82) is 0 Å². The van der Waals surface area contributed by atoms with Gasteiger partial charge in [0.2, 0.25) is 4.38 Å². The maximum absolute atomic E-state index is 12.8. The highest BCUT2D eigenvalue weighted by Gasteiger charge is 2.34. The van der Waals surface area contributed by atoms with Gasteiger partial charge in [-0.3, -0.25) is 0 Å². The predicted molar refractivity (Wildman–Crippen MR) is 166 cm³/mol. The average molecular weight is 603 g/mol. The third-order valence-corrected chi connectivity index (χ3v) is 8.28. The lowest BCUT2D eigenvalue weighted by Crippen LogP contribution is -2.27. The molecule has 0 saturated carbocycles. The van der Waals surface area contributed by atoms with Gasteiger partial charge in [0.1, 0.15) is 23.3 Å². The van der Waals surface area contributed by atoms with Crippen LogP contribution in [0.3, 0.4) is 0 Å². The van der Waals surface area contributed by atoms with Crippen LogP contribution in [0.5, 0.6) is 0 Å². The number of carbonyl (C=O) groups excluding carboxylic acids is 1. The zero-order valence-electron chi connectivity index (χ0n) is 23.5. The number of nitrogens with zero attached hydrogens (tertiary/aromatic N) is 6. The minimum atomic E-state index is -0.465. The zero-order chi connectivity index (χ0) is 29.2. The summed E-state index contributed by atoms with van der Waals surface area (Å²) in [6.45, 7) is 3.61. The first-order valence-corrected chi connectivity index (χ1v) is 15.2. The summed E-state index contributed by atoms with van der Waals surface area (Å²) in [5.74, 6) is 1.09. The molecule has 3 aliphatic rings. The van der Waals surface area contributed by atoms with Crippen molar-refractivity contribution in [3.05, 3.63) is 78.2 Å². The Hall–Kier alpha value is -4.00. The summed E-state index contributed by atoms with van der Waals surface area (Å²) < 4.78 is 21.4. The van der Waals surface area contributed by atoms with Crippen molar-refractivity contribution >= 4 is 45.8 Å². The number of ether oxygens (including phenoxy) is 3. The van der Waals surface area contributed by atoms with Crippen LogP contribution in [-0.2, 0) is 20.8 Å². The van der Waals surface area contributed by atoms with E-state index in [1.54, 1.807) is 11.4 Å². The molecule has 6 rings (SSSR count). The molecular formula is C30H30N6O4S2. The summed E-state index contributed by atoms with van der Waals surface area (Å²) in [4.78, 5) is 24.7. The molecule has 42 heavy (non-hydrogen) atoms. The number of aromatic nitrogens is 5. The van der Waals surface area contributed by atoms with Gasteiger partial charge in [0, 0.05) is 43.2 Å². The van der Waals surface area contributed by atoms with Crippen LogP contribution in [0.25, 0.3) is 28.3 Å². The molecule has 1 aromatic carbocycles. The lowest BCUT2D eigenvalue weighted by Gasteiger charge is -2.24. The highest BCUT2D eigenvalue weighted by molar-refractivity contribution is 8.22. The summed E-state index contributed by atoms with van der Waals surface area (Å²) in [6, 6.07) is 16.1. The third kappa shape index (κ3) is 5.33. The van der Waals surface area contributed by atoms with Crippen LogP contribution in [-0.4, -0.2) is 73.7 Å². The second-order valence-corrected chi connectivity index (χ2v) is 11.3. The summed E-state index contributed by atoms with van der Waals surface area (Å²) >= 11 is 6.72. The molecule has 10 nitrogen and oxygen atoms in total. The van der Waals surface area contributed by atoms with E-state index in [4.69, 9.17) is 36.4 Å². The van der Waals surface area contributed by atoms with E-state index >= 15 is 0 Å². The van der Waals surface area contributed by atoms with E-state index in [0.717, 1.165) is 28.3 Å². The number of anilines is 1. The molecule has 0 amide bonds. The Kier molecular flexibility index (Phi) is 8.09. The molecule has 2 atom stereocenters. The van der Waals surface area contributed by atoms with E-state index in [1.807, 2.05) is 62.1 Å². The first-order chi connectivity index (χ1) is 20.5. The first-order valence-electron chi connectivity index (χ1n) is 13.6.